The maximum Gasteiger partial charge on any atom is 0.265 e. The van der Waals surface area contributed by atoms with Crippen LogP contribution < -0.4 is 14.8 Å². The summed E-state index contributed by atoms with van der Waals surface area (Å²) in [5, 5.41) is 6.31. The summed E-state index contributed by atoms with van der Waals surface area (Å²) in [5.41, 5.74) is 0.627. The van der Waals surface area contributed by atoms with Crippen LogP contribution in [-0.2, 0) is 9.63 Å². The second kappa shape index (κ2) is 8.89. The monoisotopic (exact) mass is 366 g/mol. The number of hydrogen-bond acceptors (Lipinski definition) is 5. The van der Waals surface area contributed by atoms with Crippen LogP contribution in [0, 0.1) is 5.82 Å². The molecule has 0 aliphatic rings. The number of oxime groups is 1. The molecule has 0 fully saturated rings. The van der Waals surface area contributed by atoms with Crippen LogP contribution in [-0.4, -0.2) is 32.9 Å². The summed E-state index contributed by atoms with van der Waals surface area (Å²) in [5.74, 6) is -0.158. The number of nitrogens with one attached hydrogen (secondary N) is 1. The fourth-order valence-electron chi connectivity index (χ4n) is 1.98. The van der Waals surface area contributed by atoms with Crippen molar-refractivity contribution < 1.29 is 23.5 Å². The van der Waals surface area contributed by atoms with Gasteiger partial charge < -0.3 is 19.6 Å². The molecule has 0 spiro atoms. The molecular weight excluding hydrogens is 351 g/mol. The number of methoxy groups -OCH3 is 2. The van der Waals surface area contributed by atoms with E-state index < -0.39 is 11.7 Å². The highest BCUT2D eigenvalue weighted by Gasteiger charge is 2.09. The van der Waals surface area contributed by atoms with Crippen molar-refractivity contribution in [2.24, 2.45) is 5.16 Å². The topological polar surface area (TPSA) is 69.2 Å². The summed E-state index contributed by atoms with van der Waals surface area (Å²) in [6.07, 6.45) is 1.39. The molecule has 0 radical (unpaired) electrons. The highest BCUT2D eigenvalue weighted by Crippen LogP contribution is 2.29. The van der Waals surface area contributed by atoms with E-state index in [0.717, 1.165) is 6.07 Å². The van der Waals surface area contributed by atoms with Crippen LogP contribution in [0.5, 0.6) is 11.5 Å². The van der Waals surface area contributed by atoms with Crippen molar-refractivity contribution in [2.75, 3.05) is 26.1 Å². The minimum atomic E-state index is -0.634. The first kappa shape index (κ1) is 18.5. The van der Waals surface area contributed by atoms with Gasteiger partial charge in [-0.25, -0.2) is 4.39 Å². The van der Waals surface area contributed by atoms with E-state index in [1.165, 1.54) is 32.6 Å². The summed E-state index contributed by atoms with van der Waals surface area (Å²) >= 11 is 5.64. The number of rotatable bonds is 7. The second-order valence-corrected chi connectivity index (χ2v) is 5.20. The molecule has 8 heteroatoms. The van der Waals surface area contributed by atoms with E-state index in [0.29, 0.717) is 17.1 Å². The quantitative estimate of drug-likeness (QED) is 0.601. The normalized spacial score (nSPS) is 10.6. The zero-order valence-electron chi connectivity index (χ0n) is 13.6. The van der Waals surface area contributed by atoms with Crippen LogP contribution in [0.4, 0.5) is 10.1 Å². The molecule has 0 aliphatic carbocycles. The number of nitrogens with zero attached hydrogens (tertiary/aromatic N) is 1. The van der Waals surface area contributed by atoms with E-state index in [2.05, 4.69) is 10.5 Å². The van der Waals surface area contributed by atoms with Crippen LogP contribution >= 0.6 is 11.6 Å². The molecule has 1 amide bonds. The first-order valence-corrected chi connectivity index (χ1v) is 7.54. The predicted octanol–water partition coefficient (Wildman–Crippen LogP) is 3.49. The number of ether oxygens (including phenoxy) is 2. The van der Waals surface area contributed by atoms with E-state index in [1.54, 1.807) is 18.2 Å². The zero-order chi connectivity index (χ0) is 18.2. The average Bonchev–Trinajstić information content (AvgIpc) is 2.60. The molecule has 2 aromatic rings. The first-order valence-electron chi connectivity index (χ1n) is 7.16. The Kier molecular flexibility index (Phi) is 6.59. The third-order valence-electron chi connectivity index (χ3n) is 3.10. The standard InChI is InChI=1S/C17H16ClFN2O4/c1-23-15-5-3-4-11(17(15)24-2)9-20-25-10-16(22)21-14-7-6-12(18)8-13(14)19/h3-9H,10H2,1-2H3,(H,21,22)/b20-9-. The zero-order valence-corrected chi connectivity index (χ0v) is 14.3. The molecular formula is C17H16ClFN2O4. The molecule has 6 nitrogen and oxygen atoms in total. The van der Waals surface area contributed by atoms with Gasteiger partial charge in [-0.2, -0.15) is 0 Å². The Labute approximate surface area is 149 Å². The number of anilines is 1. The van der Waals surface area contributed by atoms with Crippen molar-refractivity contribution in [3.63, 3.8) is 0 Å². The maximum absolute atomic E-state index is 13.6. The van der Waals surface area contributed by atoms with Crippen molar-refractivity contribution in [3.8, 4) is 11.5 Å². The molecule has 0 bridgehead atoms. The Morgan fingerprint density at radius 3 is 2.76 bits per heavy atom. The fourth-order valence-corrected chi connectivity index (χ4v) is 2.14. The van der Waals surface area contributed by atoms with Crippen molar-refractivity contribution in [2.45, 2.75) is 0 Å². The minimum absolute atomic E-state index is 0.0106. The number of carbonyl (C=O) groups is 1. The molecule has 2 rings (SSSR count). The lowest BCUT2D eigenvalue weighted by molar-refractivity contribution is -0.120. The highest BCUT2D eigenvalue weighted by molar-refractivity contribution is 6.30. The number of hydrogen-bond donors (Lipinski definition) is 1. The number of carbonyl (C=O) groups excluding carboxylic acids is 1. The average molecular weight is 367 g/mol. The maximum atomic E-state index is 13.6. The van der Waals surface area contributed by atoms with Gasteiger partial charge in [0.2, 0.25) is 0 Å². The Bertz CT molecular complexity index is 783. The first-order chi connectivity index (χ1) is 12.0. The molecule has 0 atom stereocenters. The summed E-state index contributed by atoms with van der Waals surface area (Å²) in [7, 11) is 3.03. The van der Waals surface area contributed by atoms with Crippen molar-refractivity contribution in [1.29, 1.82) is 0 Å². The van der Waals surface area contributed by atoms with E-state index in [1.807, 2.05) is 0 Å². The molecule has 25 heavy (non-hydrogen) atoms. The Morgan fingerprint density at radius 2 is 2.08 bits per heavy atom. The van der Waals surface area contributed by atoms with Crippen LogP contribution in [0.15, 0.2) is 41.6 Å². The summed E-state index contributed by atoms with van der Waals surface area (Å²) in [6.45, 7) is -0.384. The number of amides is 1. The summed E-state index contributed by atoms with van der Waals surface area (Å²) < 4.78 is 24.0. The third-order valence-corrected chi connectivity index (χ3v) is 3.34. The number of halogens is 2. The van der Waals surface area contributed by atoms with Crippen LogP contribution in [0.25, 0.3) is 0 Å². The van der Waals surface area contributed by atoms with Crippen LogP contribution in [0.3, 0.4) is 0 Å². The molecule has 0 unspecified atom stereocenters. The SMILES string of the molecule is COc1cccc(/C=N\OCC(=O)Nc2ccc(Cl)cc2F)c1OC. The predicted molar refractivity (Wildman–Crippen MR) is 93.1 cm³/mol. The van der Waals surface area contributed by atoms with Gasteiger partial charge in [0.05, 0.1) is 26.1 Å². The second-order valence-electron chi connectivity index (χ2n) is 4.76. The lowest BCUT2D eigenvalue weighted by Gasteiger charge is -2.09. The van der Waals surface area contributed by atoms with Gasteiger partial charge in [0.25, 0.3) is 5.91 Å². The van der Waals surface area contributed by atoms with E-state index in [9.17, 15) is 9.18 Å². The lowest BCUT2D eigenvalue weighted by atomic mass is 10.2. The molecule has 0 saturated carbocycles. The molecule has 0 heterocycles. The van der Waals surface area contributed by atoms with Gasteiger partial charge in [-0.05, 0) is 30.3 Å². The third kappa shape index (κ3) is 5.09. The van der Waals surface area contributed by atoms with Gasteiger partial charge in [-0.3, -0.25) is 4.79 Å². The van der Waals surface area contributed by atoms with Crippen molar-refractivity contribution in [1.82, 2.24) is 0 Å². The molecule has 0 aromatic heterocycles. The summed E-state index contributed by atoms with van der Waals surface area (Å²) in [6, 6.07) is 9.18. The van der Waals surface area contributed by atoms with Gasteiger partial charge in [0.15, 0.2) is 18.1 Å². The Hall–Kier alpha value is -2.80. The van der Waals surface area contributed by atoms with E-state index >= 15 is 0 Å². The largest absolute Gasteiger partial charge is 0.493 e. The smallest absolute Gasteiger partial charge is 0.265 e. The van der Waals surface area contributed by atoms with Gasteiger partial charge in [0.1, 0.15) is 5.82 Å². The van der Waals surface area contributed by atoms with Crippen molar-refractivity contribution in [3.05, 3.63) is 52.8 Å². The number of para-hydroxylation sites is 1. The summed E-state index contributed by atoms with van der Waals surface area (Å²) in [4.78, 5) is 16.7. The minimum Gasteiger partial charge on any atom is -0.493 e. The highest BCUT2D eigenvalue weighted by atomic mass is 35.5. The van der Waals surface area contributed by atoms with Gasteiger partial charge in [-0.1, -0.05) is 22.8 Å². The molecule has 2 aromatic carbocycles. The Morgan fingerprint density at radius 1 is 1.28 bits per heavy atom. The Balaban J connectivity index is 1.92. The molecule has 0 aliphatic heterocycles. The van der Waals surface area contributed by atoms with Gasteiger partial charge >= 0.3 is 0 Å². The molecule has 132 valence electrons. The van der Waals surface area contributed by atoms with Crippen LogP contribution in [0.2, 0.25) is 5.02 Å². The molecule has 1 N–H and O–H groups in total. The van der Waals surface area contributed by atoms with E-state index in [-0.39, 0.29) is 17.3 Å². The van der Waals surface area contributed by atoms with E-state index in [4.69, 9.17) is 25.9 Å². The molecule has 0 saturated heterocycles. The van der Waals surface area contributed by atoms with Gasteiger partial charge in [-0.15, -0.1) is 0 Å². The number of benzene rings is 2. The van der Waals surface area contributed by atoms with Gasteiger partial charge in [0, 0.05) is 10.6 Å². The lowest BCUT2D eigenvalue weighted by Crippen LogP contribution is -2.17. The fraction of sp³-hybridized carbons (Fsp3) is 0.176. The van der Waals surface area contributed by atoms with Crippen LogP contribution in [0.1, 0.15) is 5.56 Å². The van der Waals surface area contributed by atoms with Crippen molar-refractivity contribution >= 4 is 29.4 Å².